The molecule has 1 amide bonds. The number of hydrogen-bond donors (Lipinski definition) is 0. The summed E-state index contributed by atoms with van der Waals surface area (Å²) in [5.41, 5.74) is 0.582. The number of esters is 1. The average Bonchev–Trinajstić information content (AvgIpc) is 2.74. The van der Waals surface area contributed by atoms with Crippen LogP contribution in [0.15, 0.2) is 53.4 Å². The van der Waals surface area contributed by atoms with E-state index in [-0.39, 0.29) is 17.0 Å². The van der Waals surface area contributed by atoms with Crippen LogP contribution >= 0.6 is 0 Å². The minimum absolute atomic E-state index is 0.0263. The monoisotopic (exact) mass is 438 g/mol. The molecule has 0 unspecified atom stereocenters. The van der Waals surface area contributed by atoms with Crippen LogP contribution in [0.1, 0.15) is 22.8 Å². The zero-order valence-corrected chi connectivity index (χ0v) is 17.7. The van der Waals surface area contributed by atoms with Gasteiger partial charge in [0, 0.05) is 20.1 Å². The number of sulfonamides is 1. The van der Waals surface area contributed by atoms with Gasteiger partial charge in [0.15, 0.2) is 6.61 Å². The number of rotatable bonds is 9. The minimum Gasteiger partial charge on any atom is -0.452 e. The van der Waals surface area contributed by atoms with Gasteiger partial charge in [0.25, 0.3) is 15.9 Å². The maximum atomic E-state index is 13.3. The fraction of sp³-hybridized carbons (Fsp3) is 0.300. The van der Waals surface area contributed by atoms with Crippen molar-refractivity contribution in [1.29, 1.82) is 0 Å². The van der Waals surface area contributed by atoms with Crippen LogP contribution in [0.3, 0.4) is 0 Å². The molecule has 2 rings (SSSR count). The molecule has 0 bridgehead atoms. The van der Waals surface area contributed by atoms with Crippen molar-refractivity contribution >= 4 is 21.9 Å². The molecule has 10 heteroatoms. The maximum Gasteiger partial charge on any atom is 0.338 e. The van der Waals surface area contributed by atoms with Gasteiger partial charge in [0.1, 0.15) is 5.82 Å². The Kier molecular flexibility index (Phi) is 8.04. The normalized spacial score (nSPS) is 11.4. The Balaban J connectivity index is 2.04. The van der Waals surface area contributed by atoms with Crippen LogP contribution in [0.2, 0.25) is 0 Å². The lowest BCUT2D eigenvalue weighted by atomic mass is 10.2. The highest BCUT2D eigenvalue weighted by atomic mass is 32.2. The largest absolute Gasteiger partial charge is 0.452 e. The van der Waals surface area contributed by atoms with E-state index < -0.39 is 34.3 Å². The van der Waals surface area contributed by atoms with E-state index in [1.54, 1.807) is 19.1 Å². The first-order valence-corrected chi connectivity index (χ1v) is 10.5. The molecule has 30 heavy (non-hydrogen) atoms. The highest BCUT2D eigenvalue weighted by molar-refractivity contribution is 7.89. The van der Waals surface area contributed by atoms with Gasteiger partial charge in [-0.05, 0) is 42.8 Å². The molecule has 162 valence electrons. The molecule has 0 radical (unpaired) electrons. The van der Waals surface area contributed by atoms with Crippen LogP contribution in [-0.2, 0) is 30.9 Å². The van der Waals surface area contributed by atoms with Crippen LogP contribution in [0.5, 0.6) is 0 Å². The van der Waals surface area contributed by atoms with Crippen LogP contribution in [0.4, 0.5) is 4.39 Å². The quantitative estimate of drug-likeness (QED) is 0.440. The summed E-state index contributed by atoms with van der Waals surface area (Å²) in [7, 11) is -1.52. The first-order valence-electron chi connectivity index (χ1n) is 9.01. The highest BCUT2D eigenvalue weighted by Gasteiger charge is 2.23. The molecule has 8 nitrogen and oxygen atoms in total. The lowest BCUT2D eigenvalue weighted by molar-refractivity contribution is -0.134. The third-order valence-electron chi connectivity index (χ3n) is 4.29. The summed E-state index contributed by atoms with van der Waals surface area (Å²) in [4.78, 5) is 30.6. The van der Waals surface area contributed by atoms with Crippen molar-refractivity contribution in [2.24, 2.45) is 0 Å². The smallest absolute Gasteiger partial charge is 0.338 e. The van der Waals surface area contributed by atoms with E-state index in [0.717, 1.165) is 6.07 Å². The number of carbonyl (C=O) groups is 2. The molecule has 0 N–H and O–H groups in total. The standard InChI is InChI=1S/C20H23FN2O6S/c1-4-23(13-15-7-5-9-17(21)11-15)19(24)14-29-20(25)16-8-6-10-18(12-16)30(26,27)22(2)28-3/h5-12H,4,13-14H2,1-3H3. The molecule has 0 aliphatic rings. The van der Waals surface area contributed by atoms with Crippen LogP contribution in [-0.4, -0.2) is 57.0 Å². The molecule has 0 aromatic heterocycles. The van der Waals surface area contributed by atoms with Gasteiger partial charge in [-0.2, -0.15) is 0 Å². The van der Waals surface area contributed by atoms with Crippen molar-refractivity contribution in [3.05, 3.63) is 65.5 Å². The van der Waals surface area contributed by atoms with E-state index >= 15 is 0 Å². The number of carbonyl (C=O) groups excluding carboxylic acids is 2. The van der Waals surface area contributed by atoms with E-state index in [4.69, 9.17) is 9.57 Å². The Morgan fingerprint density at radius 2 is 1.80 bits per heavy atom. The zero-order chi connectivity index (χ0) is 22.3. The second-order valence-electron chi connectivity index (χ2n) is 6.24. The summed E-state index contributed by atoms with van der Waals surface area (Å²) in [6.45, 7) is 1.72. The van der Waals surface area contributed by atoms with E-state index in [1.807, 2.05) is 0 Å². The summed E-state index contributed by atoms with van der Waals surface area (Å²) in [5, 5.41) is 0. The van der Waals surface area contributed by atoms with Gasteiger partial charge in [-0.15, -0.1) is 0 Å². The maximum absolute atomic E-state index is 13.3. The van der Waals surface area contributed by atoms with Gasteiger partial charge in [0.05, 0.1) is 17.6 Å². The number of likely N-dealkylation sites (N-methyl/N-ethyl adjacent to an activating group) is 1. The molecule has 0 aliphatic carbocycles. The van der Waals surface area contributed by atoms with Crippen molar-refractivity contribution in [2.45, 2.75) is 18.4 Å². The van der Waals surface area contributed by atoms with Gasteiger partial charge < -0.3 is 9.64 Å². The van der Waals surface area contributed by atoms with Crippen molar-refractivity contribution < 1.29 is 32.0 Å². The second-order valence-corrected chi connectivity index (χ2v) is 8.17. The summed E-state index contributed by atoms with van der Waals surface area (Å²) >= 11 is 0. The Bertz CT molecular complexity index is 1010. The summed E-state index contributed by atoms with van der Waals surface area (Å²) in [5.74, 6) is -1.71. The minimum atomic E-state index is -3.93. The Labute approximate surface area is 174 Å². The molecule has 0 heterocycles. The fourth-order valence-electron chi connectivity index (χ4n) is 2.56. The van der Waals surface area contributed by atoms with E-state index in [9.17, 15) is 22.4 Å². The van der Waals surface area contributed by atoms with E-state index in [0.29, 0.717) is 16.6 Å². The van der Waals surface area contributed by atoms with Crippen molar-refractivity contribution in [1.82, 2.24) is 9.37 Å². The van der Waals surface area contributed by atoms with Crippen LogP contribution < -0.4 is 0 Å². The predicted molar refractivity (Wildman–Crippen MR) is 106 cm³/mol. The van der Waals surface area contributed by atoms with Gasteiger partial charge >= 0.3 is 5.97 Å². The average molecular weight is 438 g/mol. The number of benzene rings is 2. The first-order chi connectivity index (χ1) is 14.2. The molecule has 2 aromatic carbocycles. The van der Waals surface area contributed by atoms with Crippen molar-refractivity contribution in [3.63, 3.8) is 0 Å². The molecule has 0 aliphatic heterocycles. The third-order valence-corrected chi connectivity index (χ3v) is 5.96. The number of ether oxygens (including phenoxy) is 1. The van der Waals surface area contributed by atoms with Gasteiger partial charge in [-0.3, -0.25) is 9.63 Å². The summed E-state index contributed by atoms with van der Waals surface area (Å²) < 4.78 is 43.6. The highest BCUT2D eigenvalue weighted by Crippen LogP contribution is 2.17. The predicted octanol–water partition coefficient (Wildman–Crippen LogP) is 2.21. The molecule has 0 fully saturated rings. The molecular formula is C20H23FN2O6S. The molecule has 0 atom stereocenters. The Morgan fingerprint density at radius 1 is 1.10 bits per heavy atom. The summed E-state index contributed by atoms with van der Waals surface area (Å²) in [6, 6.07) is 11.1. The van der Waals surface area contributed by atoms with Gasteiger partial charge in [-0.1, -0.05) is 22.7 Å². The van der Waals surface area contributed by atoms with E-state index in [1.165, 1.54) is 49.4 Å². The Hall–Kier alpha value is -2.82. The third kappa shape index (κ3) is 5.85. The van der Waals surface area contributed by atoms with Crippen LogP contribution in [0, 0.1) is 5.82 Å². The fourth-order valence-corrected chi connectivity index (χ4v) is 3.58. The van der Waals surface area contributed by atoms with Gasteiger partial charge in [0.2, 0.25) is 0 Å². The number of hydrogen-bond acceptors (Lipinski definition) is 6. The lowest BCUT2D eigenvalue weighted by Crippen LogP contribution is -2.34. The number of amides is 1. The van der Waals surface area contributed by atoms with Crippen LogP contribution in [0.25, 0.3) is 0 Å². The Morgan fingerprint density at radius 3 is 2.43 bits per heavy atom. The number of hydroxylamine groups is 1. The zero-order valence-electron chi connectivity index (χ0n) is 16.9. The second kappa shape index (κ2) is 10.3. The van der Waals surface area contributed by atoms with E-state index in [2.05, 4.69) is 0 Å². The van der Waals surface area contributed by atoms with Crippen molar-refractivity contribution in [2.75, 3.05) is 27.3 Å². The summed E-state index contributed by atoms with van der Waals surface area (Å²) in [6.07, 6.45) is 0. The SMILES string of the molecule is CCN(Cc1cccc(F)c1)C(=O)COC(=O)c1cccc(S(=O)(=O)N(C)OC)c1. The lowest BCUT2D eigenvalue weighted by Gasteiger charge is -2.21. The van der Waals surface area contributed by atoms with Gasteiger partial charge in [-0.25, -0.2) is 17.6 Å². The molecular weight excluding hydrogens is 415 g/mol. The molecule has 0 spiro atoms. The topological polar surface area (TPSA) is 93.2 Å². The number of nitrogens with zero attached hydrogens (tertiary/aromatic N) is 2. The molecule has 2 aromatic rings. The molecule has 0 saturated carbocycles. The number of halogens is 1. The first kappa shape index (κ1) is 23.5. The molecule has 0 saturated heterocycles. The van der Waals surface area contributed by atoms with Crippen molar-refractivity contribution in [3.8, 4) is 0 Å².